The third-order valence-corrected chi connectivity index (χ3v) is 5.65. The van der Waals surface area contributed by atoms with Gasteiger partial charge in [-0.15, -0.1) is 0 Å². The number of ether oxygens (including phenoxy) is 1. The molecule has 1 aliphatic carbocycles. The Morgan fingerprint density at radius 3 is 2.88 bits per heavy atom. The van der Waals surface area contributed by atoms with E-state index in [1.807, 2.05) is 41.3 Å². The molecule has 2 N–H and O–H groups in total. The fourth-order valence-electron chi connectivity index (χ4n) is 4.19. The number of rotatable bonds is 5. The summed E-state index contributed by atoms with van der Waals surface area (Å²) >= 11 is 0. The molecule has 0 radical (unpaired) electrons. The number of carbonyl (C=O) groups is 1. The zero-order valence-corrected chi connectivity index (χ0v) is 14.9. The predicted octanol–water partition coefficient (Wildman–Crippen LogP) is 2.40. The van der Waals surface area contributed by atoms with Crippen molar-refractivity contribution in [2.45, 2.75) is 31.9 Å². The SMILES string of the molecule is NC1CCC2CN(C(=O)Cc3cccc(OCc4cccnc4)c3)CC12. The molecule has 4 rings (SSSR count). The summed E-state index contributed by atoms with van der Waals surface area (Å²) < 4.78 is 5.83. The molecule has 0 spiro atoms. The first kappa shape index (κ1) is 17.0. The summed E-state index contributed by atoms with van der Waals surface area (Å²) in [4.78, 5) is 18.8. The van der Waals surface area contributed by atoms with E-state index in [1.165, 1.54) is 0 Å². The fourth-order valence-corrected chi connectivity index (χ4v) is 4.19. The predicted molar refractivity (Wildman–Crippen MR) is 99.5 cm³/mol. The topological polar surface area (TPSA) is 68.5 Å². The summed E-state index contributed by atoms with van der Waals surface area (Å²) in [5.41, 5.74) is 8.19. The molecule has 1 saturated heterocycles. The van der Waals surface area contributed by atoms with Crippen LogP contribution in [-0.4, -0.2) is 34.9 Å². The van der Waals surface area contributed by atoms with E-state index in [4.69, 9.17) is 10.5 Å². The van der Waals surface area contributed by atoms with Gasteiger partial charge in [0.05, 0.1) is 6.42 Å². The first-order valence-corrected chi connectivity index (χ1v) is 9.33. The molecule has 1 aromatic heterocycles. The average molecular weight is 351 g/mol. The molecule has 2 aliphatic rings. The molecule has 1 aliphatic heterocycles. The van der Waals surface area contributed by atoms with Crippen LogP contribution in [-0.2, 0) is 17.8 Å². The zero-order valence-electron chi connectivity index (χ0n) is 14.9. The highest BCUT2D eigenvalue weighted by Gasteiger charge is 2.42. The van der Waals surface area contributed by atoms with Gasteiger partial charge in [-0.25, -0.2) is 0 Å². The summed E-state index contributed by atoms with van der Waals surface area (Å²) in [6.45, 7) is 2.16. The van der Waals surface area contributed by atoms with Crippen LogP contribution in [0.1, 0.15) is 24.0 Å². The number of aromatic nitrogens is 1. The molecular weight excluding hydrogens is 326 g/mol. The molecule has 5 nitrogen and oxygen atoms in total. The molecule has 5 heteroatoms. The molecule has 136 valence electrons. The van der Waals surface area contributed by atoms with E-state index in [2.05, 4.69) is 4.98 Å². The van der Waals surface area contributed by atoms with Crippen LogP contribution >= 0.6 is 0 Å². The lowest BCUT2D eigenvalue weighted by atomic mass is 9.98. The number of amides is 1. The van der Waals surface area contributed by atoms with Crippen molar-refractivity contribution in [3.63, 3.8) is 0 Å². The molecule has 2 fully saturated rings. The Hall–Kier alpha value is -2.40. The van der Waals surface area contributed by atoms with Crippen LogP contribution in [0, 0.1) is 11.8 Å². The molecule has 1 saturated carbocycles. The second-order valence-corrected chi connectivity index (χ2v) is 7.44. The first-order valence-electron chi connectivity index (χ1n) is 9.33. The molecule has 0 bridgehead atoms. The lowest BCUT2D eigenvalue weighted by Crippen LogP contribution is -2.34. The Morgan fingerprint density at radius 1 is 1.19 bits per heavy atom. The van der Waals surface area contributed by atoms with Crippen molar-refractivity contribution in [3.05, 3.63) is 59.9 Å². The van der Waals surface area contributed by atoms with E-state index < -0.39 is 0 Å². The first-order chi connectivity index (χ1) is 12.7. The highest BCUT2D eigenvalue weighted by molar-refractivity contribution is 5.79. The number of nitrogens with two attached hydrogens (primary N) is 1. The lowest BCUT2D eigenvalue weighted by Gasteiger charge is -2.19. The van der Waals surface area contributed by atoms with Crippen molar-refractivity contribution in [2.75, 3.05) is 13.1 Å². The van der Waals surface area contributed by atoms with Crippen molar-refractivity contribution < 1.29 is 9.53 Å². The molecule has 3 unspecified atom stereocenters. The Balaban J connectivity index is 1.34. The van der Waals surface area contributed by atoms with Gasteiger partial charge in [-0.05, 0) is 48.4 Å². The van der Waals surface area contributed by atoms with Crippen molar-refractivity contribution in [3.8, 4) is 5.75 Å². The molecule has 2 heterocycles. The number of carbonyl (C=O) groups excluding carboxylic acids is 1. The van der Waals surface area contributed by atoms with Gasteiger partial charge >= 0.3 is 0 Å². The van der Waals surface area contributed by atoms with Crippen LogP contribution in [0.15, 0.2) is 48.8 Å². The molecule has 26 heavy (non-hydrogen) atoms. The maximum absolute atomic E-state index is 12.7. The van der Waals surface area contributed by atoms with Gasteiger partial charge in [-0.1, -0.05) is 18.2 Å². The standard InChI is InChI=1S/C21H25N3O2/c22-20-7-6-17-12-24(13-19(17)20)21(25)10-15-3-1-5-18(9-15)26-14-16-4-2-8-23-11-16/h1-5,8-9,11,17,19-20H,6-7,10,12-14,22H2. The highest BCUT2D eigenvalue weighted by atomic mass is 16.5. The van der Waals surface area contributed by atoms with E-state index in [1.54, 1.807) is 12.4 Å². The Labute approximate surface area is 154 Å². The largest absolute Gasteiger partial charge is 0.489 e. The molecular formula is C21H25N3O2. The minimum absolute atomic E-state index is 0.191. The van der Waals surface area contributed by atoms with Gasteiger partial charge in [-0.2, -0.15) is 0 Å². The monoisotopic (exact) mass is 351 g/mol. The van der Waals surface area contributed by atoms with Gasteiger partial charge in [0.1, 0.15) is 12.4 Å². The van der Waals surface area contributed by atoms with Crippen LogP contribution in [0.2, 0.25) is 0 Å². The van der Waals surface area contributed by atoms with Gasteiger partial charge in [-0.3, -0.25) is 9.78 Å². The number of fused-ring (bicyclic) bond motifs is 1. The Morgan fingerprint density at radius 2 is 2.08 bits per heavy atom. The van der Waals surface area contributed by atoms with Crippen LogP contribution in [0.4, 0.5) is 0 Å². The van der Waals surface area contributed by atoms with Crippen LogP contribution in [0.25, 0.3) is 0 Å². The molecule has 1 amide bonds. The number of benzene rings is 1. The highest BCUT2D eigenvalue weighted by Crippen LogP contribution is 2.37. The summed E-state index contributed by atoms with van der Waals surface area (Å²) in [6, 6.07) is 11.9. The molecule has 2 aromatic rings. The normalized spacial score (nSPS) is 24.5. The van der Waals surface area contributed by atoms with E-state index >= 15 is 0 Å². The average Bonchev–Trinajstić information content (AvgIpc) is 3.24. The number of nitrogens with zero attached hydrogens (tertiary/aromatic N) is 2. The van der Waals surface area contributed by atoms with Gasteiger partial charge in [0.15, 0.2) is 0 Å². The van der Waals surface area contributed by atoms with Crippen molar-refractivity contribution >= 4 is 5.91 Å². The van der Waals surface area contributed by atoms with Crippen LogP contribution in [0.5, 0.6) is 5.75 Å². The van der Waals surface area contributed by atoms with E-state index in [-0.39, 0.29) is 11.9 Å². The quantitative estimate of drug-likeness (QED) is 0.898. The number of pyridine rings is 1. The van der Waals surface area contributed by atoms with Gasteiger partial charge in [0.2, 0.25) is 5.91 Å². The Bertz CT molecular complexity index is 765. The smallest absolute Gasteiger partial charge is 0.227 e. The summed E-state index contributed by atoms with van der Waals surface area (Å²) in [7, 11) is 0. The minimum Gasteiger partial charge on any atom is -0.489 e. The number of likely N-dealkylation sites (tertiary alicyclic amines) is 1. The van der Waals surface area contributed by atoms with Crippen molar-refractivity contribution in [1.29, 1.82) is 0 Å². The van der Waals surface area contributed by atoms with Gasteiger partial charge < -0.3 is 15.4 Å². The van der Waals surface area contributed by atoms with E-state index in [9.17, 15) is 4.79 Å². The van der Waals surface area contributed by atoms with E-state index in [0.717, 1.165) is 42.8 Å². The number of hydrogen-bond donors (Lipinski definition) is 1. The van der Waals surface area contributed by atoms with Crippen molar-refractivity contribution in [1.82, 2.24) is 9.88 Å². The molecule has 3 atom stereocenters. The minimum atomic E-state index is 0.191. The van der Waals surface area contributed by atoms with Crippen molar-refractivity contribution in [2.24, 2.45) is 17.6 Å². The van der Waals surface area contributed by atoms with Crippen LogP contribution in [0.3, 0.4) is 0 Å². The Kier molecular flexibility index (Phi) is 4.89. The van der Waals surface area contributed by atoms with Gasteiger partial charge in [0.25, 0.3) is 0 Å². The summed E-state index contributed by atoms with van der Waals surface area (Å²) in [5, 5.41) is 0. The lowest BCUT2D eigenvalue weighted by molar-refractivity contribution is -0.129. The van der Waals surface area contributed by atoms with Gasteiger partial charge in [0, 0.05) is 37.1 Å². The fraction of sp³-hybridized carbons (Fsp3) is 0.429. The van der Waals surface area contributed by atoms with Crippen LogP contribution < -0.4 is 10.5 Å². The third-order valence-electron chi connectivity index (χ3n) is 5.65. The summed E-state index contributed by atoms with van der Waals surface area (Å²) in [5.74, 6) is 2.06. The third kappa shape index (κ3) is 3.73. The summed E-state index contributed by atoms with van der Waals surface area (Å²) in [6.07, 6.45) is 6.22. The zero-order chi connectivity index (χ0) is 17.9. The number of hydrogen-bond acceptors (Lipinski definition) is 4. The maximum Gasteiger partial charge on any atom is 0.227 e. The second-order valence-electron chi connectivity index (χ2n) is 7.44. The van der Waals surface area contributed by atoms with E-state index in [0.29, 0.717) is 24.9 Å². The maximum atomic E-state index is 12.7. The second kappa shape index (κ2) is 7.46. The molecule has 1 aromatic carbocycles.